The lowest BCUT2D eigenvalue weighted by Crippen LogP contribution is -2.40. The van der Waals surface area contributed by atoms with Gasteiger partial charge in [-0.05, 0) is 31.5 Å². The highest BCUT2D eigenvalue weighted by molar-refractivity contribution is 5.37. The molecular weight excluding hydrogens is 252 g/mol. The summed E-state index contributed by atoms with van der Waals surface area (Å²) in [5, 5.41) is 9.58. The molecule has 0 amide bonds. The van der Waals surface area contributed by atoms with Crippen LogP contribution in [0.4, 0.5) is 8.78 Å². The molecular formula is C14H19F2NO2. The highest BCUT2D eigenvalue weighted by Gasteiger charge is 2.22. The number of halogens is 2. The third-order valence-electron chi connectivity index (χ3n) is 3.34. The zero-order valence-corrected chi connectivity index (χ0v) is 10.8. The number of hydrogen-bond donors (Lipinski definition) is 1. The van der Waals surface area contributed by atoms with Crippen molar-refractivity contribution in [3.63, 3.8) is 0 Å². The summed E-state index contributed by atoms with van der Waals surface area (Å²) in [5.41, 5.74) is 0. The van der Waals surface area contributed by atoms with Crippen molar-refractivity contribution in [2.45, 2.75) is 19.3 Å². The minimum atomic E-state index is -2.28. The van der Waals surface area contributed by atoms with E-state index in [-0.39, 0.29) is 18.2 Å². The van der Waals surface area contributed by atoms with Crippen LogP contribution in [0, 0.1) is 5.92 Å². The number of nitrogens with zero attached hydrogens (tertiary/aromatic N) is 1. The van der Waals surface area contributed by atoms with Gasteiger partial charge in [0.25, 0.3) is 6.43 Å². The summed E-state index contributed by atoms with van der Waals surface area (Å²) in [4.78, 5) is 1.78. The molecule has 0 aromatic heterocycles. The average molecular weight is 271 g/mol. The van der Waals surface area contributed by atoms with Crippen LogP contribution < -0.4 is 4.74 Å². The zero-order chi connectivity index (χ0) is 13.7. The molecule has 1 aromatic carbocycles. The van der Waals surface area contributed by atoms with Crippen molar-refractivity contribution < 1.29 is 18.6 Å². The number of para-hydroxylation sites is 2. The van der Waals surface area contributed by atoms with Crippen LogP contribution in [0.25, 0.3) is 0 Å². The second-order valence-electron chi connectivity index (χ2n) is 4.94. The number of phenols is 1. The summed E-state index contributed by atoms with van der Waals surface area (Å²) in [6, 6.07) is 6.79. The Morgan fingerprint density at radius 1 is 1.37 bits per heavy atom. The summed E-state index contributed by atoms with van der Waals surface area (Å²) < 4.78 is 30.3. The number of rotatable bonds is 5. The topological polar surface area (TPSA) is 32.7 Å². The van der Waals surface area contributed by atoms with E-state index in [4.69, 9.17) is 4.74 Å². The smallest absolute Gasteiger partial charge is 0.251 e. The number of ether oxygens (including phenoxy) is 1. The van der Waals surface area contributed by atoms with Crippen LogP contribution in [0.15, 0.2) is 24.3 Å². The number of alkyl halides is 2. The van der Waals surface area contributed by atoms with E-state index in [2.05, 4.69) is 0 Å². The molecule has 1 fully saturated rings. The van der Waals surface area contributed by atoms with Crippen molar-refractivity contribution in [2.24, 2.45) is 5.92 Å². The molecule has 19 heavy (non-hydrogen) atoms. The predicted molar refractivity (Wildman–Crippen MR) is 68.8 cm³/mol. The number of hydrogen-bond acceptors (Lipinski definition) is 3. The number of benzene rings is 1. The molecule has 1 aromatic rings. The number of likely N-dealkylation sites (tertiary alicyclic amines) is 1. The van der Waals surface area contributed by atoms with Gasteiger partial charge in [0.05, 0.1) is 13.2 Å². The molecule has 0 aliphatic carbocycles. The zero-order valence-electron chi connectivity index (χ0n) is 10.8. The fraction of sp³-hybridized carbons (Fsp3) is 0.571. The van der Waals surface area contributed by atoms with Crippen molar-refractivity contribution in [3.8, 4) is 11.5 Å². The van der Waals surface area contributed by atoms with Gasteiger partial charge in [-0.25, -0.2) is 8.78 Å². The Hall–Kier alpha value is -1.36. The van der Waals surface area contributed by atoms with Crippen molar-refractivity contribution in [2.75, 3.05) is 26.2 Å². The van der Waals surface area contributed by atoms with Gasteiger partial charge in [0.1, 0.15) is 0 Å². The van der Waals surface area contributed by atoms with Gasteiger partial charge in [-0.3, -0.25) is 4.90 Å². The number of aromatic hydroxyl groups is 1. The van der Waals surface area contributed by atoms with E-state index in [1.165, 1.54) is 0 Å². The number of piperidine rings is 1. The SMILES string of the molecule is Oc1ccccc1OC[C@@H]1CCCN(CC(F)F)C1. The third kappa shape index (κ3) is 4.35. The molecule has 3 nitrogen and oxygen atoms in total. The molecule has 0 spiro atoms. The maximum atomic E-state index is 12.3. The van der Waals surface area contributed by atoms with Crippen LogP contribution in [-0.2, 0) is 0 Å². The molecule has 0 radical (unpaired) electrons. The van der Waals surface area contributed by atoms with Gasteiger partial charge in [0.2, 0.25) is 0 Å². The Balaban J connectivity index is 1.81. The lowest BCUT2D eigenvalue weighted by Gasteiger charge is -2.32. The van der Waals surface area contributed by atoms with E-state index in [0.29, 0.717) is 18.9 Å². The Kier molecular flexibility index (Phi) is 4.96. The van der Waals surface area contributed by atoms with Gasteiger partial charge in [-0.1, -0.05) is 12.1 Å². The third-order valence-corrected chi connectivity index (χ3v) is 3.34. The summed E-state index contributed by atoms with van der Waals surface area (Å²) in [5.74, 6) is 0.809. The van der Waals surface area contributed by atoms with Crippen LogP contribution >= 0.6 is 0 Å². The van der Waals surface area contributed by atoms with Crippen LogP contribution in [0.3, 0.4) is 0 Å². The van der Waals surface area contributed by atoms with E-state index in [0.717, 1.165) is 19.4 Å². The first kappa shape index (κ1) is 14.1. The summed E-state index contributed by atoms with van der Waals surface area (Å²) in [6.07, 6.45) is -0.382. The molecule has 1 saturated heterocycles. The predicted octanol–water partition coefficient (Wildman–Crippen LogP) is 2.75. The van der Waals surface area contributed by atoms with Gasteiger partial charge in [0, 0.05) is 12.5 Å². The van der Waals surface area contributed by atoms with E-state index in [9.17, 15) is 13.9 Å². The Morgan fingerprint density at radius 2 is 2.16 bits per heavy atom. The van der Waals surface area contributed by atoms with E-state index in [1.54, 1.807) is 29.2 Å². The maximum absolute atomic E-state index is 12.3. The minimum Gasteiger partial charge on any atom is -0.504 e. The van der Waals surface area contributed by atoms with E-state index < -0.39 is 6.43 Å². The molecule has 1 N–H and O–H groups in total. The van der Waals surface area contributed by atoms with Gasteiger partial charge in [0.15, 0.2) is 11.5 Å². The second kappa shape index (κ2) is 6.70. The molecule has 1 aliphatic heterocycles. The van der Waals surface area contributed by atoms with E-state index in [1.807, 2.05) is 0 Å². The Labute approximate surface area is 111 Å². The monoisotopic (exact) mass is 271 g/mol. The Morgan fingerprint density at radius 3 is 2.89 bits per heavy atom. The van der Waals surface area contributed by atoms with Crippen molar-refractivity contribution in [1.82, 2.24) is 4.90 Å². The van der Waals surface area contributed by atoms with Gasteiger partial charge < -0.3 is 9.84 Å². The quantitative estimate of drug-likeness (QED) is 0.893. The summed E-state index contributed by atoms with van der Waals surface area (Å²) in [7, 11) is 0. The van der Waals surface area contributed by atoms with Crippen LogP contribution in [0.1, 0.15) is 12.8 Å². The highest BCUT2D eigenvalue weighted by atomic mass is 19.3. The largest absolute Gasteiger partial charge is 0.504 e. The minimum absolute atomic E-state index is 0.114. The fourth-order valence-electron chi connectivity index (χ4n) is 2.44. The van der Waals surface area contributed by atoms with Gasteiger partial charge in [-0.2, -0.15) is 0 Å². The maximum Gasteiger partial charge on any atom is 0.251 e. The molecule has 106 valence electrons. The second-order valence-corrected chi connectivity index (χ2v) is 4.94. The molecule has 1 aliphatic rings. The normalized spacial score (nSPS) is 20.7. The highest BCUT2D eigenvalue weighted by Crippen LogP contribution is 2.26. The fourth-order valence-corrected chi connectivity index (χ4v) is 2.44. The molecule has 1 heterocycles. The average Bonchev–Trinajstić information content (AvgIpc) is 2.37. The van der Waals surface area contributed by atoms with Gasteiger partial charge in [-0.15, -0.1) is 0 Å². The Bertz CT molecular complexity index is 401. The van der Waals surface area contributed by atoms with Gasteiger partial charge >= 0.3 is 0 Å². The van der Waals surface area contributed by atoms with Crippen molar-refractivity contribution >= 4 is 0 Å². The molecule has 0 saturated carbocycles. The first-order chi connectivity index (χ1) is 9.15. The summed E-state index contributed by atoms with van der Waals surface area (Å²) in [6.45, 7) is 1.67. The lowest BCUT2D eigenvalue weighted by atomic mass is 9.99. The first-order valence-corrected chi connectivity index (χ1v) is 6.56. The molecule has 2 rings (SSSR count). The standard InChI is InChI=1S/C14H19F2NO2/c15-14(16)9-17-7-3-4-11(8-17)10-19-13-6-2-1-5-12(13)18/h1-2,5-6,11,14,18H,3-4,7-10H2/t11-/m1/s1. The summed E-state index contributed by atoms with van der Waals surface area (Å²) >= 11 is 0. The molecule has 0 unspecified atom stereocenters. The number of phenolic OH excluding ortho intramolecular Hbond substituents is 1. The molecule has 0 bridgehead atoms. The van der Waals surface area contributed by atoms with Crippen molar-refractivity contribution in [3.05, 3.63) is 24.3 Å². The molecule has 5 heteroatoms. The van der Waals surface area contributed by atoms with E-state index >= 15 is 0 Å². The lowest BCUT2D eigenvalue weighted by molar-refractivity contribution is 0.0549. The first-order valence-electron chi connectivity index (χ1n) is 6.56. The molecule has 1 atom stereocenters. The van der Waals surface area contributed by atoms with Crippen LogP contribution in [0.2, 0.25) is 0 Å². The van der Waals surface area contributed by atoms with Crippen molar-refractivity contribution in [1.29, 1.82) is 0 Å². The van der Waals surface area contributed by atoms with Crippen LogP contribution in [0.5, 0.6) is 11.5 Å². The van der Waals surface area contributed by atoms with Crippen LogP contribution in [-0.4, -0.2) is 42.7 Å².